The van der Waals surface area contributed by atoms with Gasteiger partial charge in [0.1, 0.15) is 17.1 Å². The molecule has 1 aromatic carbocycles. The number of piperazine rings is 1. The summed E-state index contributed by atoms with van der Waals surface area (Å²) < 4.78 is 46.1. The van der Waals surface area contributed by atoms with E-state index < -0.39 is 22.4 Å². The first-order chi connectivity index (χ1) is 18.7. The summed E-state index contributed by atoms with van der Waals surface area (Å²) in [6.45, 7) is 2.83. The van der Waals surface area contributed by atoms with Gasteiger partial charge in [0.2, 0.25) is 5.91 Å². The SMILES string of the molecule is O=C(CC1CC1)N1CCN(c2cc(OC3CCC(Nc4ccc([N+](=O)[O-])c(C(F)(F)F)c4)CC3)ccn2)CC1. The highest BCUT2D eigenvalue weighted by Crippen LogP contribution is 2.38. The Bertz CT molecular complexity index is 1190. The quantitative estimate of drug-likeness (QED) is 0.355. The zero-order valence-corrected chi connectivity index (χ0v) is 21.5. The molecule has 9 nitrogen and oxygen atoms in total. The summed E-state index contributed by atoms with van der Waals surface area (Å²) in [6.07, 6.45) is 2.71. The number of nitro groups is 1. The molecule has 39 heavy (non-hydrogen) atoms. The number of ether oxygens (including phenoxy) is 1. The molecule has 0 radical (unpaired) electrons. The van der Waals surface area contributed by atoms with Crippen LogP contribution in [-0.4, -0.2) is 59.0 Å². The number of nitrogens with zero attached hydrogens (tertiary/aromatic N) is 4. The molecule has 1 amide bonds. The first-order valence-electron chi connectivity index (χ1n) is 13.4. The summed E-state index contributed by atoms with van der Waals surface area (Å²) >= 11 is 0. The molecule has 3 aliphatic rings. The Labute approximate surface area is 224 Å². The third kappa shape index (κ3) is 6.90. The predicted octanol–water partition coefficient (Wildman–Crippen LogP) is 5.26. The summed E-state index contributed by atoms with van der Waals surface area (Å²) in [7, 11) is 0. The maximum absolute atomic E-state index is 13.3. The number of halogens is 3. The predicted molar refractivity (Wildman–Crippen MR) is 139 cm³/mol. The number of nitro benzene ring substituents is 1. The van der Waals surface area contributed by atoms with Gasteiger partial charge in [-0.25, -0.2) is 4.98 Å². The number of amides is 1. The zero-order chi connectivity index (χ0) is 27.6. The van der Waals surface area contributed by atoms with E-state index in [4.69, 9.17) is 4.74 Å². The van der Waals surface area contributed by atoms with E-state index in [0.717, 1.165) is 43.9 Å². The second kappa shape index (κ2) is 11.3. The lowest BCUT2D eigenvalue weighted by Gasteiger charge is -2.35. The van der Waals surface area contributed by atoms with Crippen LogP contribution in [0.15, 0.2) is 36.5 Å². The Hall–Kier alpha value is -3.57. The summed E-state index contributed by atoms with van der Waals surface area (Å²) in [5, 5.41) is 14.1. The molecule has 1 saturated heterocycles. The smallest absolute Gasteiger partial charge is 0.423 e. The van der Waals surface area contributed by atoms with Crippen molar-refractivity contribution >= 4 is 23.1 Å². The monoisotopic (exact) mass is 547 g/mol. The van der Waals surface area contributed by atoms with E-state index in [1.165, 1.54) is 18.9 Å². The van der Waals surface area contributed by atoms with Crippen molar-refractivity contribution in [3.05, 3.63) is 52.2 Å². The van der Waals surface area contributed by atoms with Gasteiger partial charge in [0, 0.05) is 62.7 Å². The van der Waals surface area contributed by atoms with Crippen molar-refractivity contribution in [2.45, 2.75) is 63.3 Å². The number of hydrogen-bond acceptors (Lipinski definition) is 7. The fourth-order valence-corrected chi connectivity index (χ4v) is 5.29. The van der Waals surface area contributed by atoms with Crippen LogP contribution < -0.4 is 15.0 Å². The summed E-state index contributed by atoms with van der Waals surface area (Å²) in [5.74, 6) is 2.37. The molecule has 2 aromatic rings. The van der Waals surface area contributed by atoms with Crippen molar-refractivity contribution in [1.29, 1.82) is 0 Å². The second-order valence-corrected chi connectivity index (χ2v) is 10.6. The molecule has 1 aromatic heterocycles. The molecule has 0 atom stereocenters. The van der Waals surface area contributed by atoms with Gasteiger partial charge in [-0.2, -0.15) is 13.2 Å². The van der Waals surface area contributed by atoms with E-state index in [2.05, 4.69) is 15.2 Å². The van der Waals surface area contributed by atoms with Gasteiger partial charge in [-0.05, 0) is 62.6 Å². The first kappa shape index (κ1) is 27.0. The van der Waals surface area contributed by atoms with Crippen LogP contribution in [0.5, 0.6) is 5.75 Å². The molecule has 2 saturated carbocycles. The average molecular weight is 548 g/mol. The second-order valence-electron chi connectivity index (χ2n) is 10.6. The van der Waals surface area contributed by atoms with E-state index >= 15 is 0 Å². The van der Waals surface area contributed by atoms with Crippen molar-refractivity contribution in [3.63, 3.8) is 0 Å². The molecular weight excluding hydrogens is 515 g/mol. The highest BCUT2D eigenvalue weighted by Gasteiger charge is 2.38. The number of aromatic nitrogens is 1. The van der Waals surface area contributed by atoms with Crippen LogP contribution in [0.25, 0.3) is 0 Å². The number of pyridine rings is 1. The van der Waals surface area contributed by atoms with Crippen molar-refractivity contribution in [2.24, 2.45) is 5.92 Å². The molecule has 5 rings (SSSR count). The topological polar surface area (TPSA) is 101 Å². The Morgan fingerprint density at radius 2 is 1.77 bits per heavy atom. The normalized spacial score (nSPS) is 21.9. The molecule has 2 heterocycles. The maximum atomic E-state index is 13.3. The van der Waals surface area contributed by atoms with Crippen molar-refractivity contribution in [2.75, 3.05) is 36.4 Å². The van der Waals surface area contributed by atoms with Gasteiger partial charge in [0.05, 0.1) is 11.0 Å². The third-order valence-corrected chi connectivity index (χ3v) is 7.68. The summed E-state index contributed by atoms with van der Waals surface area (Å²) in [4.78, 5) is 31.0. The molecule has 12 heteroatoms. The van der Waals surface area contributed by atoms with E-state index in [0.29, 0.717) is 44.0 Å². The molecule has 1 aliphatic heterocycles. The molecule has 3 fully saturated rings. The van der Waals surface area contributed by atoms with E-state index in [9.17, 15) is 28.1 Å². The Balaban J connectivity index is 1.11. The van der Waals surface area contributed by atoms with Gasteiger partial charge >= 0.3 is 6.18 Å². The van der Waals surface area contributed by atoms with E-state index in [1.54, 1.807) is 6.20 Å². The van der Waals surface area contributed by atoms with E-state index in [1.807, 2.05) is 17.0 Å². The highest BCUT2D eigenvalue weighted by molar-refractivity contribution is 5.77. The average Bonchev–Trinajstić information content (AvgIpc) is 3.73. The largest absolute Gasteiger partial charge is 0.490 e. The van der Waals surface area contributed by atoms with Gasteiger partial charge in [-0.15, -0.1) is 0 Å². The van der Waals surface area contributed by atoms with Gasteiger partial charge in [-0.1, -0.05) is 0 Å². The van der Waals surface area contributed by atoms with Gasteiger partial charge in [0.25, 0.3) is 5.69 Å². The molecule has 1 N–H and O–H groups in total. The minimum absolute atomic E-state index is 0.0298. The lowest BCUT2D eigenvalue weighted by atomic mass is 9.92. The zero-order valence-electron chi connectivity index (χ0n) is 21.5. The highest BCUT2D eigenvalue weighted by atomic mass is 19.4. The lowest BCUT2D eigenvalue weighted by molar-refractivity contribution is -0.388. The number of anilines is 2. The van der Waals surface area contributed by atoms with Crippen LogP contribution in [0.4, 0.5) is 30.4 Å². The fourth-order valence-electron chi connectivity index (χ4n) is 5.29. The van der Waals surface area contributed by atoms with Crippen molar-refractivity contribution in [1.82, 2.24) is 9.88 Å². The third-order valence-electron chi connectivity index (χ3n) is 7.68. The number of alkyl halides is 3. The number of hydrogen-bond donors (Lipinski definition) is 1. The van der Waals surface area contributed by atoms with Crippen molar-refractivity contribution in [3.8, 4) is 5.75 Å². The van der Waals surface area contributed by atoms with Gasteiger partial charge in [-0.3, -0.25) is 14.9 Å². The maximum Gasteiger partial charge on any atom is 0.423 e. The molecular formula is C27H32F3N5O4. The Morgan fingerprint density at radius 3 is 2.41 bits per heavy atom. The fraction of sp³-hybridized carbons (Fsp3) is 0.556. The minimum Gasteiger partial charge on any atom is -0.490 e. The first-order valence-corrected chi connectivity index (χ1v) is 13.4. The molecule has 210 valence electrons. The number of carbonyl (C=O) groups excluding carboxylic acids is 1. The van der Waals surface area contributed by atoms with Gasteiger partial charge in [0.15, 0.2) is 0 Å². The summed E-state index contributed by atoms with van der Waals surface area (Å²) in [5.41, 5.74) is -1.99. The lowest BCUT2D eigenvalue weighted by Crippen LogP contribution is -2.49. The molecule has 0 unspecified atom stereocenters. The van der Waals surface area contributed by atoms with Gasteiger partial charge < -0.3 is 19.9 Å². The number of rotatable bonds is 8. The minimum atomic E-state index is -4.81. The molecule has 2 aliphatic carbocycles. The molecule has 0 spiro atoms. The molecule has 0 bridgehead atoms. The van der Waals surface area contributed by atoms with Crippen LogP contribution >= 0.6 is 0 Å². The van der Waals surface area contributed by atoms with Crippen LogP contribution in [-0.2, 0) is 11.0 Å². The number of carbonyl (C=O) groups is 1. The van der Waals surface area contributed by atoms with Crippen LogP contribution in [0.2, 0.25) is 0 Å². The van der Waals surface area contributed by atoms with Crippen LogP contribution in [0.3, 0.4) is 0 Å². The van der Waals surface area contributed by atoms with Crippen molar-refractivity contribution < 1.29 is 27.6 Å². The van der Waals surface area contributed by atoms with Crippen LogP contribution in [0.1, 0.15) is 50.5 Å². The Kier molecular flexibility index (Phi) is 7.81. The summed E-state index contributed by atoms with van der Waals surface area (Å²) in [6, 6.07) is 6.70. The van der Waals surface area contributed by atoms with E-state index in [-0.39, 0.29) is 23.7 Å². The number of benzene rings is 1. The standard InChI is InChI=1S/C27H32F3N5O4/c28-27(29,30)23-16-20(5-8-24(23)35(37)38)32-19-3-6-21(7-4-19)39-22-9-10-31-25(17-22)33-11-13-34(14-12-33)26(36)15-18-1-2-18/h5,8-10,16-19,21,32H,1-4,6-7,11-15H2. The Morgan fingerprint density at radius 1 is 1.05 bits per heavy atom. The van der Waals surface area contributed by atoms with Crippen LogP contribution in [0, 0.1) is 16.0 Å². The number of nitrogens with one attached hydrogen (secondary N) is 1.